The summed E-state index contributed by atoms with van der Waals surface area (Å²) in [6, 6.07) is 2.09. The number of nitrogens with zero attached hydrogens (tertiary/aromatic N) is 3. The maximum Gasteiger partial charge on any atom is 0.246 e. The molecule has 2 aliphatic carbocycles. The standard InChI is InChI=1S/C21H32ClN3O2/c1-14(2)24-13-19(26)25(12-16-5-3-15(11-23)4-6-16)20(21(24)27)17-7-9-18(22)10-8-17/h14-18,20H,3-10,12-13H2,1-2H3. The summed E-state index contributed by atoms with van der Waals surface area (Å²) in [4.78, 5) is 30.0. The molecule has 2 saturated carbocycles. The molecule has 150 valence electrons. The van der Waals surface area contributed by atoms with Crippen LogP contribution in [0.15, 0.2) is 0 Å². The molecule has 2 amide bonds. The lowest BCUT2D eigenvalue weighted by molar-refractivity contribution is -0.161. The minimum atomic E-state index is -0.327. The van der Waals surface area contributed by atoms with Crippen LogP contribution in [0.2, 0.25) is 0 Å². The van der Waals surface area contributed by atoms with Gasteiger partial charge in [0.2, 0.25) is 11.8 Å². The Morgan fingerprint density at radius 2 is 1.70 bits per heavy atom. The van der Waals surface area contributed by atoms with Gasteiger partial charge in [0, 0.05) is 23.9 Å². The Morgan fingerprint density at radius 1 is 1.07 bits per heavy atom. The summed E-state index contributed by atoms with van der Waals surface area (Å²) in [5.41, 5.74) is 0. The van der Waals surface area contributed by atoms with Gasteiger partial charge in [0.15, 0.2) is 0 Å². The zero-order valence-electron chi connectivity index (χ0n) is 16.6. The van der Waals surface area contributed by atoms with Gasteiger partial charge in [-0.25, -0.2) is 0 Å². The molecule has 0 aromatic carbocycles. The molecule has 27 heavy (non-hydrogen) atoms. The highest BCUT2D eigenvalue weighted by molar-refractivity contribution is 6.20. The van der Waals surface area contributed by atoms with Gasteiger partial charge in [0.1, 0.15) is 12.6 Å². The van der Waals surface area contributed by atoms with Gasteiger partial charge in [-0.3, -0.25) is 9.59 Å². The summed E-state index contributed by atoms with van der Waals surface area (Å²) in [6.07, 6.45) is 7.47. The van der Waals surface area contributed by atoms with Crippen LogP contribution in [0.1, 0.15) is 65.2 Å². The summed E-state index contributed by atoms with van der Waals surface area (Å²) in [6.45, 7) is 4.83. The lowest BCUT2D eigenvalue weighted by Crippen LogP contribution is -2.64. The predicted octanol–water partition coefficient (Wildman–Crippen LogP) is 3.56. The number of carbonyl (C=O) groups is 2. The van der Waals surface area contributed by atoms with Crippen molar-refractivity contribution in [1.82, 2.24) is 9.80 Å². The van der Waals surface area contributed by atoms with E-state index >= 15 is 0 Å². The third-order valence-corrected chi connectivity index (χ3v) is 7.19. The Balaban J connectivity index is 1.75. The minimum absolute atomic E-state index is 0.0431. The van der Waals surface area contributed by atoms with Crippen LogP contribution in [0.25, 0.3) is 0 Å². The number of hydrogen-bond donors (Lipinski definition) is 0. The first-order valence-electron chi connectivity index (χ1n) is 10.5. The third kappa shape index (κ3) is 4.59. The lowest BCUT2D eigenvalue weighted by Gasteiger charge is -2.47. The molecule has 3 aliphatic rings. The maximum absolute atomic E-state index is 13.3. The highest BCUT2D eigenvalue weighted by Crippen LogP contribution is 2.36. The van der Waals surface area contributed by atoms with Crippen molar-refractivity contribution in [3.05, 3.63) is 0 Å². The second-order valence-electron chi connectivity index (χ2n) is 8.91. The highest BCUT2D eigenvalue weighted by atomic mass is 35.5. The smallest absolute Gasteiger partial charge is 0.246 e. The van der Waals surface area contributed by atoms with Crippen molar-refractivity contribution in [2.24, 2.45) is 17.8 Å². The normalized spacial score (nSPS) is 35.4. The van der Waals surface area contributed by atoms with Crippen LogP contribution in [0.3, 0.4) is 0 Å². The average Bonchev–Trinajstić information content (AvgIpc) is 2.66. The fourth-order valence-electron chi connectivity index (χ4n) is 5.03. The van der Waals surface area contributed by atoms with Gasteiger partial charge < -0.3 is 9.80 Å². The zero-order chi connectivity index (χ0) is 19.6. The summed E-state index contributed by atoms with van der Waals surface area (Å²) in [5, 5.41) is 9.32. The van der Waals surface area contributed by atoms with Crippen molar-refractivity contribution in [1.29, 1.82) is 5.26 Å². The van der Waals surface area contributed by atoms with E-state index in [1.165, 1.54) is 0 Å². The molecule has 6 heteroatoms. The molecule has 0 aromatic rings. The van der Waals surface area contributed by atoms with Crippen molar-refractivity contribution in [3.63, 3.8) is 0 Å². The minimum Gasteiger partial charge on any atom is -0.329 e. The number of halogens is 1. The van der Waals surface area contributed by atoms with E-state index in [-0.39, 0.29) is 47.7 Å². The topological polar surface area (TPSA) is 64.4 Å². The van der Waals surface area contributed by atoms with E-state index in [1.807, 2.05) is 18.7 Å². The van der Waals surface area contributed by atoms with Crippen molar-refractivity contribution < 1.29 is 9.59 Å². The van der Waals surface area contributed by atoms with E-state index < -0.39 is 0 Å². The van der Waals surface area contributed by atoms with Crippen LogP contribution in [0.5, 0.6) is 0 Å². The molecule has 3 rings (SSSR count). The van der Waals surface area contributed by atoms with Gasteiger partial charge in [-0.2, -0.15) is 5.26 Å². The Hall–Kier alpha value is -1.28. The highest BCUT2D eigenvalue weighted by Gasteiger charge is 2.45. The first kappa shape index (κ1) is 20.5. The number of carbonyl (C=O) groups excluding carboxylic acids is 2. The molecule has 0 bridgehead atoms. The van der Waals surface area contributed by atoms with Crippen LogP contribution in [0.4, 0.5) is 0 Å². The first-order valence-corrected chi connectivity index (χ1v) is 11.0. The first-order chi connectivity index (χ1) is 12.9. The van der Waals surface area contributed by atoms with Gasteiger partial charge in [-0.05, 0) is 77.0 Å². The molecule has 1 aliphatic heterocycles. The zero-order valence-corrected chi connectivity index (χ0v) is 17.3. The van der Waals surface area contributed by atoms with Crippen LogP contribution in [0, 0.1) is 29.1 Å². The van der Waals surface area contributed by atoms with E-state index in [0.29, 0.717) is 12.5 Å². The van der Waals surface area contributed by atoms with Gasteiger partial charge >= 0.3 is 0 Å². The molecule has 1 heterocycles. The van der Waals surface area contributed by atoms with Gasteiger partial charge in [-0.1, -0.05) is 0 Å². The Morgan fingerprint density at radius 3 is 2.26 bits per heavy atom. The number of amides is 2. The van der Waals surface area contributed by atoms with Gasteiger partial charge in [0.25, 0.3) is 0 Å². The number of hydrogen-bond acceptors (Lipinski definition) is 3. The number of alkyl halides is 1. The molecular weight excluding hydrogens is 362 g/mol. The fourth-order valence-corrected chi connectivity index (χ4v) is 5.28. The molecule has 1 saturated heterocycles. The third-order valence-electron chi connectivity index (χ3n) is 6.75. The van der Waals surface area contributed by atoms with Gasteiger partial charge in [0.05, 0.1) is 6.07 Å². The second kappa shape index (κ2) is 8.82. The summed E-state index contributed by atoms with van der Waals surface area (Å²) in [7, 11) is 0. The molecule has 0 aromatic heterocycles. The van der Waals surface area contributed by atoms with Crippen molar-refractivity contribution in [2.45, 2.75) is 82.7 Å². The summed E-state index contributed by atoms with van der Waals surface area (Å²) < 4.78 is 0. The van der Waals surface area contributed by atoms with E-state index in [9.17, 15) is 9.59 Å². The predicted molar refractivity (Wildman–Crippen MR) is 105 cm³/mol. The molecule has 0 N–H and O–H groups in total. The molecular formula is C21H32ClN3O2. The summed E-state index contributed by atoms with van der Waals surface area (Å²) in [5.74, 6) is 0.987. The fraction of sp³-hybridized carbons (Fsp3) is 0.857. The van der Waals surface area contributed by atoms with Crippen LogP contribution in [-0.2, 0) is 9.59 Å². The van der Waals surface area contributed by atoms with Crippen LogP contribution < -0.4 is 0 Å². The SMILES string of the molecule is CC(C)N1CC(=O)N(CC2CCC(C#N)CC2)C(C2CCC(Cl)CC2)C1=O. The van der Waals surface area contributed by atoms with Gasteiger partial charge in [-0.15, -0.1) is 11.6 Å². The average molecular weight is 394 g/mol. The second-order valence-corrected chi connectivity index (χ2v) is 9.53. The molecule has 1 unspecified atom stereocenters. The van der Waals surface area contributed by atoms with E-state index in [2.05, 4.69) is 6.07 Å². The van der Waals surface area contributed by atoms with E-state index in [4.69, 9.17) is 16.9 Å². The number of piperazine rings is 1. The number of rotatable bonds is 4. The monoisotopic (exact) mass is 393 g/mol. The van der Waals surface area contributed by atoms with Crippen LogP contribution >= 0.6 is 11.6 Å². The van der Waals surface area contributed by atoms with Crippen LogP contribution in [-0.4, -0.2) is 52.2 Å². The van der Waals surface area contributed by atoms with E-state index in [0.717, 1.165) is 51.4 Å². The van der Waals surface area contributed by atoms with Crippen molar-refractivity contribution in [2.75, 3.05) is 13.1 Å². The molecule has 0 radical (unpaired) electrons. The van der Waals surface area contributed by atoms with Crippen molar-refractivity contribution >= 4 is 23.4 Å². The van der Waals surface area contributed by atoms with E-state index in [1.54, 1.807) is 4.90 Å². The Labute approximate surface area is 168 Å². The van der Waals surface area contributed by atoms with Crippen molar-refractivity contribution in [3.8, 4) is 6.07 Å². The Bertz CT molecular complexity index is 587. The molecule has 3 fully saturated rings. The maximum atomic E-state index is 13.3. The molecule has 0 spiro atoms. The Kier molecular flexibility index (Phi) is 6.68. The number of nitriles is 1. The largest absolute Gasteiger partial charge is 0.329 e. The molecule has 5 nitrogen and oxygen atoms in total. The lowest BCUT2D eigenvalue weighted by atomic mass is 9.79. The summed E-state index contributed by atoms with van der Waals surface area (Å²) >= 11 is 6.28. The quantitative estimate of drug-likeness (QED) is 0.686. The molecule has 1 atom stereocenters.